The van der Waals surface area contributed by atoms with Gasteiger partial charge < -0.3 is 24.4 Å². The standard InChI is InChI=1S/C15H19N3O7/c1-15(2)23-6-8(25-15)11-9(19)10(20)13(24-11)18-5-7(4-16)12(21)17(3)14(18)22/h5,8-11,13,19-20H,6H2,1-3H3. The van der Waals surface area contributed by atoms with Crippen molar-refractivity contribution in [2.75, 3.05) is 6.61 Å². The Balaban J connectivity index is 1.95. The topological polar surface area (TPSA) is 136 Å². The summed E-state index contributed by atoms with van der Waals surface area (Å²) in [4.78, 5) is 24.1. The maximum Gasteiger partial charge on any atom is 0.332 e. The normalized spacial score (nSPS) is 34.2. The summed E-state index contributed by atoms with van der Waals surface area (Å²) in [6.07, 6.45) is -4.59. The van der Waals surface area contributed by atoms with E-state index in [0.717, 1.165) is 15.3 Å². The first-order valence-corrected chi connectivity index (χ1v) is 7.72. The molecular weight excluding hydrogens is 334 g/mol. The first-order chi connectivity index (χ1) is 11.7. The molecule has 1 aromatic rings. The van der Waals surface area contributed by atoms with E-state index in [0.29, 0.717) is 0 Å². The van der Waals surface area contributed by atoms with Crippen LogP contribution in [0.25, 0.3) is 0 Å². The Morgan fingerprint density at radius 3 is 2.56 bits per heavy atom. The number of nitrogens with zero attached hydrogens (tertiary/aromatic N) is 3. The molecule has 2 N–H and O–H groups in total. The highest BCUT2D eigenvalue weighted by molar-refractivity contribution is 5.22. The number of hydrogen-bond acceptors (Lipinski definition) is 8. The second-order valence-corrected chi connectivity index (χ2v) is 6.55. The molecule has 1 aromatic heterocycles. The lowest BCUT2D eigenvalue weighted by atomic mass is 10.1. The van der Waals surface area contributed by atoms with Crippen LogP contribution in [-0.4, -0.2) is 56.2 Å². The molecule has 3 heterocycles. The lowest BCUT2D eigenvalue weighted by molar-refractivity contribution is -0.164. The van der Waals surface area contributed by atoms with Crippen molar-refractivity contribution in [2.45, 2.75) is 50.3 Å². The molecule has 2 aliphatic rings. The minimum atomic E-state index is -1.45. The van der Waals surface area contributed by atoms with Crippen molar-refractivity contribution in [3.63, 3.8) is 0 Å². The summed E-state index contributed by atoms with van der Waals surface area (Å²) >= 11 is 0. The Kier molecular flexibility index (Phi) is 4.30. The molecule has 0 amide bonds. The van der Waals surface area contributed by atoms with Crippen LogP contribution in [0.2, 0.25) is 0 Å². The predicted octanol–water partition coefficient (Wildman–Crippen LogP) is -1.81. The van der Waals surface area contributed by atoms with Gasteiger partial charge in [0.05, 0.1) is 6.61 Å². The number of hydrogen-bond donors (Lipinski definition) is 2. The third-order valence-corrected chi connectivity index (χ3v) is 4.38. The summed E-state index contributed by atoms with van der Waals surface area (Å²) in [5.74, 6) is -0.849. The molecule has 0 aromatic carbocycles. The number of ether oxygens (including phenoxy) is 3. The lowest BCUT2D eigenvalue weighted by Crippen LogP contribution is -2.43. The van der Waals surface area contributed by atoms with Gasteiger partial charge in [0, 0.05) is 13.2 Å². The zero-order valence-corrected chi connectivity index (χ0v) is 13.9. The van der Waals surface area contributed by atoms with Crippen LogP contribution in [-0.2, 0) is 21.3 Å². The molecule has 0 aliphatic carbocycles. The van der Waals surface area contributed by atoms with E-state index in [4.69, 9.17) is 19.5 Å². The summed E-state index contributed by atoms with van der Waals surface area (Å²) in [6, 6.07) is 1.69. The molecule has 136 valence electrons. The molecule has 10 heteroatoms. The summed E-state index contributed by atoms with van der Waals surface area (Å²) in [6.45, 7) is 3.57. The van der Waals surface area contributed by atoms with Gasteiger partial charge in [-0.25, -0.2) is 4.79 Å². The Morgan fingerprint density at radius 2 is 2.00 bits per heavy atom. The summed E-state index contributed by atoms with van der Waals surface area (Å²) in [5.41, 5.74) is -1.80. The van der Waals surface area contributed by atoms with Gasteiger partial charge in [0.25, 0.3) is 5.56 Å². The van der Waals surface area contributed by atoms with Gasteiger partial charge in [0.15, 0.2) is 12.0 Å². The van der Waals surface area contributed by atoms with Gasteiger partial charge >= 0.3 is 5.69 Å². The average Bonchev–Trinajstić information content (AvgIpc) is 3.06. The van der Waals surface area contributed by atoms with E-state index in [9.17, 15) is 19.8 Å². The van der Waals surface area contributed by atoms with Crippen molar-refractivity contribution < 1.29 is 24.4 Å². The molecule has 0 spiro atoms. The average molecular weight is 353 g/mol. The van der Waals surface area contributed by atoms with Gasteiger partial charge in [-0.05, 0) is 13.8 Å². The maximum atomic E-state index is 12.3. The van der Waals surface area contributed by atoms with Crippen molar-refractivity contribution in [2.24, 2.45) is 7.05 Å². The molecular formula is C15H19N3O7. The summed E-state index contributed by atoms with van der Waals surface area (Å²) in [5, 5.41) is 29.7. The van der Waals surface area contributed by atoms with Crippen LogP contribution in [0.3, 0.4) is 0 Å². The quantitative estimate of drug-likeness (QED) is 0.635. The molecule has 0 saturated carbocycles. The van der Waals surface area contributed by atoms with E-state index < -0.39 is 47.7 Å². The number of aromatic nitrogens is 2. The zero-order valence-electron chi connectivity index (χ0n) is 13.9. The molecule has 0 radical (unpaired) electrons. The monoisotopic (exact) mass is 353 g/mol. The van der Waals surface area contributed by atoms with Crippen LogP contribution in [0.1, 0.15) is 25.6 Å². The van der Waals surface area contributed by atoms with Crippen LogP contribution in [0, 0.1) is 11.3 Å². The van der Waals surface area contributed by atoms with Crippen molar-refractivity contribution >= 4 is 0 Å². The molecule has 25 heavy (non-hydrogen) atoms. The van der Waals surface area contributed by atoms with E-state index in [1.54, 1.807) is 19.9 Å². The number of aliphatic hydroxyl groups excluding tert-OH is 2. The molecule has 5 atom stereocenters. The highest BCUT2D eigenvalue weighted by Gasteiger charge is 2.51. The molecule has 2 aliphatic heterocycles. The Hall–Kier alpha value is -2.03. The van der Waals surface area contributed by atoms with E-state index in [-0.39, 0.29) is 12.2 Å². The van der Waals surface area contributed by atoms with Crippen LogP contribution in [0.4, 0.5) is 0 Å². The number of aliphatic hydroxyl groups is 2. The third-order valence-electron chi connectivity index (χ3n) is 4.38. The third kappa shape index (κ3) is 2.90. The number of rotatable bonds is 2. The molecule has 2 saturated heterocycles. The number of nitriles is 1. The van der Waals surface area contributed by atoms with Crippen molar-refractivity contribution in [1.82, 2.24) is 9.13 Å². The Labute approximate surface area is 142 Å². The van der Waals surface area contributed by atoms with Crippen LogP contribution in [0.15, 0.2) is 15.8 Å². The minimum absolute atomic E-state index is 0.153. The highest BCUT2D eigenvalue weighted by Crippen LogP contribution is 2.35. The van der Waals surface area contributed by atoms with Crippen molar-refractivity contribution in [3.8, 4) is 6.07 Å². The fourth-order valence-electron chi connectivity index (χ4n) is 3.05. The summed E-state index contributed by atoms with van der Waals surface area (Å²) < 4.78 is 18.4. The van der Waals surface area contributed by atoms with Crippen molar-refractivity contribution in [1.29, 1.82) is 5.26 Å². The fourth-order valence-corrected chi connectivity index (χ4v) is 3.05. The van der Waals surface area contributed by atoms with Crippen LogP contribution < -0.4 is 11.2 Å². The second-order valence-electron chi connectivity index (χ2n) is 6.55. The SMILES string of the molecule is Cn1c(=O)c(C#N)cn(C2OC(C3COC(C)(C)O3)C(O)C2O)c1=O. The summed E-state index contributed by atoms with van der Waals surface area (Å²) in [7, 11) is 1.22. The Bertz CT molecular complexity index is 837. The molecule has 5 unspecified atom stereocenters. The maximum absolute atomic E-state index is 12.3. The van der Waals surface area contributed by atoms with Crippen molar-refractivity contribution in [3.05, 3.63) is 32.6 Å². The lowest BCUT2D eigenvalue weighted by Gasteiger charge is -2.22. The van der Waals surface area contributed by atoms with Gasteiger partial charge in [0.2, 0.25) is 0 Å². The van der Waals surface area contributed by atoms with E-state index in [1.807, 2.05) is 0 Å². The van der Waals surface area contributed by atoms with Gasteiger partial charge in [-0.15, -0.1) is 0 Å². The van der Waals surface area contributed by atoms with E-state index >= 15 is 0 Å². The smallest absolute Gasteiger partial charge is 0.332 e. The molecule has 3 rings (SSSR count). The molecule has 0 bridgehead atoms. The zero-order chi connectivity index (χ0) is 18.5. The van der Waals surface area contributed by atoms with E-state index in [2.05, 4.69) is 0 Å². The van der Waals surface area contributed by atoms with Gasteiger partial charge in [0.1, 0.15) is 36.0 Å². The Morgan fingerprint density at radius 1 is 1.32 bits per heavy atom. The molecule has 2 fully saturated rings. The largest absolute Gasteiger partial charge is 0.387 e. The van der Waals surface area contributed by atoms with Gasteiger partial charge in [-0.1, -0.05) is 0 Å². The van der Waals surface area contributed by atoms with Crippen LogP contribution in [0.5, 0.6) is 0 Å². The van der Waals surface area contributed by atoms with E-state index in [1.165, 1.54) is 7.05 Å². The fraction of sp³-hybridized carbons (Fsp3) is 0.667. The first-order valence-electron chi connectivity index (χ1n) is 7.72. The van der Waals surface area contributed by atoms with Gasteiger partial charge in [-0.3, -0.25) is 13.9 Å². The van der Waals surface area contributed by atoms with Gasteiger partial charge in [-0.2, -0.15) is 5.26 Å². The van der Waals surface area contributed by atoms with Crippen LogP contribution >= 0.6 is 0 Å². The predicted molar refractivity (Wildman–Crippen MR) is 81.5 cm³/mol. The molecule has 10 nitrogen and oxygen atoms in total. The minimum Gasteiger partial charge on any atom is -0.387 e. The highest BCUT2D eigenvalue weighted by atomic mass is 16.8. The first kappa shape index (κ1) is 17.8. The second kappa shape index (κ2) is 6.05.